The predicted molar refractivity (Wildman–Crippen MR) is 161 cm³/mol. The second-order valence-corrected chi connectivity index (χ2v) is 11.0. The number of benzene rings is 1. The minimum atomic E-state index is -0.136. The van der Waals surface area contributed by atoms with Gasteiger partial charge in [-0.15, -0.1) is 11.3 Å². The maximum Gasteiger partial charge on any atom is 0.256 e. The smallest absolute Gasteiger partial charge is 0.256 e. The van der Waals surface area contributed by atoms with Gasteiger partial charge in [-0.1, -0.05) is 26.0 Å². The van der Waals surface area contributed by atoms with Gasteiger partial charge in [-0.3, -0.25) is 14.6 Å². The maximum atomic E-state index is 13.1. The van der Waals surface area contributed by atoms with Crippen LogP contribution in [0, 0.1) is 13.8 Å². The number of anilines is 1. The summed E-state index contributed by atoms with van der Waals surface area (Å²) >= 11 is 1.70. The van der Waals surface area contributed by atoms with Crippen LogP contribution < -0.4 is 5.32 Å². The van der Waals surface area contributed by atoms with Crippen LogP contribution in [0.2, 0.25) is 0 Å². The number of rotatable bonds is 10. The van der Waals surface area contributed by atoms with E-state index in [0.717, 1.165) is 80.7 Å². The third kappa shape index (κ3) is 5.51. The minimum Gasteiger partial charge on any atom is -0.358 e. The van der Waals surface area contributed by atoms with Crippen molar-refractivity contribution in [3.8, 4) is 20.9 Å². The lowest BCUT2D eigenvalue weighted by Gasteiger charge is -2.17. The van der Waals surface area contributed by atoms with Gasteiger partial charge in [-0.2, -0.15) is 0 Å². The van der Waals surface area contributed by atoms with E-state index >= 15 is 0 Å². The molecule has 0 aliphatic carbocycles. The fraction of sp³-hybridized carbons (Fsp3) is 0.281. The molecule has 1 aromatic carbocycles. The molecule has 0 unspecified atom stereocenters. The van der Waals surface area contributed by atoms with Gasteiger partial charge in [-0.25, -0.2) is 0 Å². The number of hydrogen-bond acceptors (Lipinski definition) is 5. The summed E-state index contributed by atoms with van der Waals surface area (Å²) < 4.78 is 0. The number of carbonyl (C=O) groups is 2. The number of nitrogens with one attached hydrogen (secondary N) is 2. The second kappa shape index (κ2) is 11.5. The van der Waals surface area contributed by atoms with Gasteiger partial charge in [0.15, 0.2) is 5.78 Å². The molecule has 0 fully saturated rings. The van der Waals surface area contributed by atoms with Crippen LogP contribution in [-0.2, 0) is 4.79 Å². The van der Waals surface area contributed by atoms with E-state index in [4.69, 9.17) is 0 Å². The second-order valence-electron chi connectivity index (χ2n) is 9.90. The van der Waals surface area contributed by atoms with E-state index in [0.29, 0.717) is 12.0 Å². The highest BCUT2D eigenvalue weighted by Gasteiger charge is 2.26. The summed E-state index contributed by atoms with van der Waals surface area (Å²) in [5.41, 5.74) is 7.70. The van der Waals surface area contributed by atoms with Crippen molar-refractivity contribution in [2.75, 3.05) is 25.0 Å². The number of amides is 1. The van der Waals surface area contributed by atoms with Gasteiger partial charge >= 0.3 is 0 Å². The van der Waals surface area contributed by atoms with Gasteiger partial charge in [0.2, 0.25) is 0 Å². The summed E-state index contributed by atoms with van der Waals surface area (Å²) in [7, 11) is 0. The number of fused-ring (bicyclic) bond motifs is 1. The van der Waals surface area contributed by atoms with Crippen LogP contribution in [-0.4, -0.2) is 46.2 Å². The van der Waals surface area contributed by atoms with E-state index < -0.39 is 0 Å². The van der Waals surface area contributed by atoms with Crippen molar-refractivity contribution in [3.05, 3.63) is 82.9 Å². The summed E-state index contributed by atoms with van der Waals surface area (Å²) in [6.45, 7) is 11.1. The first kappa shape index (κ1) is 26.8. The van der Waals surface area contributed by atoms with E-state index in [2.05, 4.69) is 58.3 Å². The number of thiophene rings is 1. The van der Waals surface area contributed by atoms with Crippen LogP contribution in [0.4, 0.5) is 5.69 Å². The first-order chi connectivity index (χ1) is 18.9. The van der Waals surface area contributed by atoms with E-state index in [1.54, 1.807) is 17.5 Å². The number of H-pyrrole nitrogens is 1. The SMILES string of the molecule is CCN(CC)CCCC(=O)c1c(C)[nH]c(/C=C2\C(=O)Nc3ccc(-c4ccc(-c5cccnc5)s4)cc32)c1C. The zero-order valence-electron chi connectivity index (χ0n) is 22.9. The summed E-state index contributed by atoms with van der Waals surface area (Å²) in [5.74, 6) is 0.0156. The summed E-state index contributed by atoms with van der Waals surface area (Å²) in [6, 6.07) is 14.3. The lowest BCUT2D eigenvalue weighted by molar-refractivity contribution is -0.110. The number of aromatic nitrogens is 2. The number of ketones is 1. The topological polar surface area (TPSA) is 78.1 Å². The average Bonchev–Trinajstić information content (AvgIpc) is 3.63. The molecule has 7 heteroatoms. The number of nitrogens with zero attached hydrogens (tertiary/aromatic N) is 2. The van der Waals surface area contributed by atoms with E-state index in [9.17, 15) is 9.59 Å². The molecule has 0 bridgehead atoms. The molecule has 5 rings (SSSR count). The van der Waals surface area contributed by atoms with Crippen molar-refractivity contribution in [1.82, 2.24) is 14.9 Å². The Kier molecular flexibility index (Phi) is 7.91. The molecular weight excluding hydrogens is 504 g/mol. The Bertz CT molecular complexity index is 1540. The Morgan fingerprint density at radius 1 is 1.05 bits per heavy atom. The first-order valence-corrected chi connectivity index (χ1v) is 14.3. The van der Waals surface area contributed by atoms with E-state index in [1.807, 2.05) is 44.3 Å². The van der Waals surface area contributed by atoms with Crippen LogP contribution in [0.1, 0.15) is 59.6 Å². The molecule has 2 N–H and O–H groups in total. The summed E-state index contributed by atoms with van der Waals surface area (Å²) in [6.07, 6.45) is 6.88. The number of carbonyl (C=O) groups excluding carboxylic acids is 2. The Hall–Kier alpha value is -3.81. The Labute approximate surface area is 233 Å². The average molecular weight is 539 g/mol. The van der Waals surface area contributed by atoms with Crippen molar-refractivity contribution in [2.24, 2.45) is 0 Å². The van der Waals surface area contributed by atoms with Crippen molar-refractivity contribution >= 4 is 40.4 Å². The van der Waals surface area contributed by atoms with Crippen LogP contribution in [0.15, 0.2) is 54.9 Å². The van der Waals surface area contributed by atoms with Crippen molar-refractivity contribution in [2.45, 2.75) is 40.5 Å². The van der Waals surface area contributed by atoms with Crippen molar-refractivity contribution in [1.29, 1.82) is 0 Å². The number of aromatic amines is 1. The van der Waals surface area contributed by atoms with Gasteiger partial charge in [0.05, 0.1) is 5.57 Å². The normalized spacial score (nSPS) is 13.8. The minimum absolute atomic E-state index is 0.136. The van der Waals surface area contributed by atoms with Gasteiger partial charge < -0.3 is 15.2 Å². The highest BCUT2D eigenvalue weighted by Crippen LogP contribution is 2.40. The molecule has 4 heterocycles. The highest BCUT2D eigenvalue weighted by molar-refractivity contribution is 7.18. The lowest BCUT2D eigenvalue weighted by Crippen LogP contribution is -2.24. The molecule has 1 aliphatic rings. The summed E-state index contributed by atoms with van der Waals surface area (Å²) in [5, 5.41) is 2.99. The molecule has 4 aromatic rings. The van der Waals surface area contributed by atoms with E-state index in [-0.39, 0.29) is 11.7 Å². The molecule has 39 heavy (non-hydrogen) atoms. The number of Topliss-reactive ketones (excluding diaryl/α,β-unsaturated/α-hetero) is 1. The molecule has 1 aliphatic heterocycles. The molecule has 3 aromatic heterocycles. The molecule has 6 nitrogen and oxygen atoms in total. The van der Waals surface area contributed by atoms with Crippen LogP contribution in [0.5, 0.6) is 0 Å². The third-order valence-electron chi connectivity index (χ3n) is 7.46. The summed E-state index contributed by atoms with van der Waals surface area (Å²) in [4.78, 5) is 38.3. The molecule has 1 amide bonds. The third-order valence-corrected chi connectivity index (χ3v) is 8.64. The molecule has 0 saturated heterocycles. The predicted octanol–water partition coefficient (Wildman–Crippen LogP) is 7.22. The fourth-order valence-corrected chi connectivity index (χ4v) is 6.24. The molecule has 0 radical (unpaired) electrons. The van der Waals surface area contributed by atoms with Crippen LogP contribution in [0.25, 0.3) is 32.5 Å². The first-order valence-electron chi connectivity index (χ1n) is 13.5. The zero-order chi connectivity index (χ0) is 27.5. The molecule has 0 spiro atoms. The zero-order valence-corrected chi connectivity index (χ0v) is 23.7. The fourth-order valence-electron chi connectivity index (χ4n) is 5.25. The van der Waals surface area contributed by atoms with Gasteiger partial charge in [0.1, 0.15) is 0 Å². The van der Waals surface area contributed by atoms with Gasteiger partial charge in [0.25, 0.3) is 5.91 Å². The lowest BCUT2D eigenvalue weighted by atomic mass is 9.99. The number of hydrogen-bond donors (Lipinski definition) is 2. The Morgan fingerprint density at radius 2 is 1.82 bits per heavy atom. The standard InChI is InChI=1S/C32H34N4O2S/c1-5-36(6-2)16-8-10-28(37)31-20(3)27(34-21(31)4)18-25-24-17-22(11-12-26(24)35-32(25)38)29-13-14-30(39-29)23-9-7-15-33-19-23/h7,9,11-15,17-19,34H,5-6,8,10,16H2,1-4H3,(H,35,38)/b25-18-. The molecule has 0 atom stereocenters. The van der Waals surface area contributed by atoms with Crippen molar-refractivity contribution in [3.63, 3.8) is 0 Å². The number of pyridine rings is 1. The van der Waals surface area contributed by atoms with Gasteiger partial charge in [0, 0.05) is 62.3 Å². The quantitative estimate of drug-likeness (QED) is 0.165. The van der Waals surface area contributed by atoms with Crippen LogP contribution in [0.3, 0.4) is 0 Å². The largest absolute Gasteiger partial charge is 0.358 e. The molecule has 200 valence electrons. The highest BCUT2D eigenvalue weighted by atomic mass is 32.1. The monoisotopic (exact) mass is 538 g/mol. The number of aryl methyl sites for hydroxylation is 1. The maximum absolute atomic E-state index is 13.1. The van der Waals surface area contributed by atoms with E-state index in [1.165, 1.54) is 0 Å². The molecular formula is C32H34N4O2S. The van der Waals surface area contributed by atoms with Gasteiger partial charge in [-0.05, 0) is 87.4 Å². The van der Waals surface area contributed by atoms with Crippen molar-refractivity contribution < 1.29 is 9.59 Å². The Balaban J connectivity index is 1.41. The van der Waals surface area contributed by atoms with Crippen LogP contribution >= 0.6 is 11.3 Å². The Morgan fingerprint density at radius 3 is 2.54 bits per heavy atom. The molecule has 0 saturated carbocycles.